The molecule has 0 aromatic rings. The Hall–Kier alpha value is -0.635. The van der Waals surface area contributed by atoms with Gasteiger partial charge in [0.2, 0.25) is 0 Å². The molecule has 0 aromatic carbocycles. The molecule has 7 aliphatic rings. The SMILES string of the molecule is CC(C)=C(OB(C1(C)CC2CC(C1)C2(C)C)C1(C)CC2CC(C1)C2(C)C)N1CCOCC1. The lowest BCUT2D eigenvalue weighted by molar-refractivity contribution is -0.0980. The number of hydrogen-bond donors (Lipinski definition) is 0. The van der Waals surface area contributed by atoms with E-state index in [0.717, 1.165) is 55.9 Å². The van der Waals surface area contributed by atoms with Crippen LogP contribution in [0.1, 0.15) is 93.9 Å². The highest BCUT2D eigenvalue weighted by Gasteiger charge is 2.67. The van der Waals surface area contributed by atoms with Crippen molar-refractivity contribution in [2.24, 2.45) is 34.5 Å². The van der Waals surface area contributed by atoms with Gasteiger partial charge < -0.3 is 14.3 Å². The summed E-state index contributed by atoms with van der Waals surface area (Å²) in [5.74, 6) is 4.64. The predicted octanol–water partition coefficient (Wildman–Crippen LogP) is 7.01. The molecule has 0 amide bonds. The van der Waals surface area contributed by atoms with Crippen LogP contribution in [-0.2, 0) is 9.39 Å². The van der Waals surface area contributed by atoms with Crippen LogP contribution in [0.5, 0.6) is 0 Å². The number of nitrogens with zero attached hydrogens (tertiary/aromatic N) is 1. The molecule has 6 aliphatic carbocycles. The van der Waals surface area contributed by atoms with Crippen molar-refractivity contribution in [1.82, 2.24) is 4.90 Å². The molecule has 7 rings (SSSR count). The van der Waals surface area contributed by atoms with Crippen LogP contribution in [0.15, 0.2) is 11.5 Å². The Kier molecular flexibility index (Phi) is 5.37. The number of ether oxygens (including phenoxy) is 1. The molecular formula is C28H48BNO2. The van der Waals surface area contributed by atoms with Crippen LogP contribution in [0.2, 0.25) is 10.6 Å². The molecule has 3 nitrogen and oxygen atoms in total. The van der Waals surface area contributed by atoms with Crippen LogP contribution in [0.25, 0.3) is 0 Å². The number of fused-ring (bicyclic) bond motifs is 4. The normalized spacial score (nSPS) is 43.6. The maximum absolute atomic E-state index is 7.36. The summed E-state index contributed by atoms with van der Waals surface area (Å²) < 4.78 is 13.0. The Balaban J connectivity index is 1.46. The first-order valence-corrected chi connectivity index (χ1v) is 13.5. The summed E-state index contributed by atoms with van der Waals surface area (Å²) in [6, 6.07) is 0. The average molecular weight is 442 g/mol. The predicted molar refractivity (Wildman–Crippen MR) is 134 cm³/mol. The Morgan fingerprint density at radius 3 is 1.50 bits per heavy atom. The smallest absolute Gasteiger partial charge is 0.371 e. The van der Waals surface area contributed by atoms with E-state index < -0.39 is 0 Å². The summed E-state index contributed by atoms with van der Waals surface area (Å²) in [6.45, 7) is 23.6. The molecule has 1 aliphatic heterocycles. The second-order valence-corrected chi connectivity index (χ2v) is 14.4. The molecule has 4 unspecified atom stereocenters. The summed E-state index contributed by atoms with van der Waals surface area (Å²) in [5, 5.41) is 0.553. The molecule has 7 fully saturated rings. The molecular weight excluding hydrogens is 393 g/mol. The number of allylic oxidation sites excluding steroid dienone is 1. The number of morpholine rings is 1. The average Bonchev–Trinajstić information content (AvgIpc) is 2.74. The summed E-state index contributed by atoms with van der Waals surface area (Å²) in [7, 11) is 0. The van der Waals surface area contributed by atoms with E-state index in [4.69, 9.17) is 9.39 Å². The van der Waals surface area contributed by atoms with E-state index in [0.29, 0.717) is 17.7 Å². The van der Waals surface area contributed by atoms with Gasteiger partial charge in [-0.15, -0.1) is 0 Å². The second kappa shape index (κ2) is 7.43. The third kappa shape index (κ3) is 3.40. The van der Waals surface area contributed by atoms with E-state index in [1.165, 1.54) is 44.1 Å². The first-order valence-electron chi connectivity index (χ1n) is 13.5. The molecule has 32 heavy (non-hydrogen) atoms. The lowest BCUT2D eigenvalue weighted by Crippen LogP contribution is -2.61. The van der Waals surface area contributed by atoms with Gasteiger partial charge in [0, 0.05) is 13.1 Å². The minimum atomic E-state index is 0.277. The summed E-state index contributed by atoms with van der Waals surface area (Å²) >= 11 is 0. The van der Waals surface area contributed by atoms with Crippen molar-refractivity contribution < 1.29 is 9.39 Å². The zero-order valence-electron chi connectivity index (χ0n) is 22.2. The van der Waals surface area contributed by atoms with Crippen LogP contribution < -0.4 is 0 Å². The standard InChI is InChI=1S/C28H48BNO2/c1-19(2)24(30-9-11-31-12-10-30)32-29(27(7)15-20-13-21(16-27)25(20,3)4)28(8)17-22-14-23(18-28)26(22,5)6/h20-23H,9-18H2,1-8H3. The highest BCUT2D eigenvalue weighted by atomic mass is 16.5. The van der Waals surface area contributed by atoms with Crippen LogP contribution in [0, 0.1) is 34.5 Å². The quantitative estimate of drug-likeness (QED) is 0.338. The second-order valence-electron chi connectivity index (χ2n) is 14.4. The fraction of sp³-hybridized carbons (Fsp3) is 0.929. The van der Waals surface area contributed by atoms with Crippen LogP contribution in [-0.4, -0.2) is 38.1 Å². The summed E-state index contributed by atoms with van der Waals surface area (Å²) in [4.78, 5) is 2.47. The van der Waals surface area contributed by atoms with Gasteiger partial charge in [0.25, 0.3) is 0 Å². The Morgan fingerprint density at radius 2 is 1.16 bits per heavy atom. The third-order valence-electron chi connectivity index (χ3n) is 11.4. The molecule has 4 bridgehead atoms. The molecule has 6 saturated carbocycles. The van der Waals surface area contributed by atoms with E-state index >= 15 is 0 Å². The van der Waals surface area contributed by atoms with Gasteiger partial charge in [-0.1, -0.05) is 41.5 Å². The van der Waals surface area contributed by atoms with Crippen molar-refractivity contribution in [3.63, 3.8) is 0 Å². The first-order chi connectivity index (χ1) is 14.9. The largest absolute Gasteiger partial charge is 0.548 e. The molecule has 0 radical (unpaired) electrons. The zero-order chi connectivity index (χ0) is 23.1. The molecule has 4 heteroatoms. The Labute approximate surface area is 198 Å². The van der Waals surface area contributed by atoms with Gasteiger partial charge in [0.05, 0.1) is 13.2 Å². The molecule has 0 aromatic heterocycles. The third-order valence-corrected chi connectivity index (χ3v) is 11.4. The highest BCUT2D eigenvalue weighted by molar-refractivity contribution is 6.59. The molecule has 0 N–H and O–H groups in total. The van der Waals surface area contributed by atoms with Gasteiger partial charge in [0.15, 0.2) is 5.88 Å². The van der Waals surface area contributed by atoms with E-state index in [1.54, 1.807) is 0 Å². The maximum Gasteiger partial charge on any atom is 0.371 e. The zero-order valence-corrected chi connectivity index (χ0v) is 22.2. The van der Waals surface area contributed by atoms with Gasteiger partial charge in [0.1, 0.15) is 0 Å². The first kappa shape index (κ1) is 23.1. The van der Waals surface area contributed by atoms with E-state index in [1.807, 2.05) is 0 Å². The number of rotatable bonds is 5. The summed E-state index contributed by atoms with van der Waals surface area (Å²) in [6.07, 6.45) is 8.26. The van der Waals surface area contributed by atoms with Crippen molar-refractivity contribution in [3.8, 4) is 0 Å². The molecule has 0 spiro atoms. The van der Waals surface area contributed by atoms with Crippen LogP contribution in [0.3, 0.4) is 0 Å². The van der Waals surface area contributed by atoms with Gasteiger partial charge in [-0.25, -0.2) is 0 Å². The van der Waals surface area contributed by atoms with Crippen LogP contribution >= 0.6 is 0 Å². The monoisotopic (exact) mass is 441 g/mol. The van der Waals surface area contributed by atoms with E-state index in [-0.39, 0.29) is 10.6 Å². The molecule has 1 saturated heterocycles. The maximum atomic E-state index is 7.36. The summed E-state index contributed by atoms with van der Waals surface area (Å²) in [5.41, 5.74) is 2.39. The molecule has 1 heterocycles. The molecule has 180 valence electrons. The minimum Gasteiger partial charge on any atom is -0.548 e. The highest BCUT2D eigenvalue weighted by Crippen LogP contribution is 2.73. The van der Waals surface area contributed by atoms with Crippen molar-refractivity contribution in [3.05, 3.63) is 11.5 Å². The van der Waals surface area contributed by atoms with Gasteiger partial charge >= 0.3 is 6.92 Å². The van der Waals surface area contributed by atoms with Crippen LogP contribution in [0.4, 0.5) is 0 Å². The lowest BCUT2D eigenvalue weighted by Gasteiger charge is -2.67. The van der Waals surface area contributed by atoms with Crippen molar-refractivity contribution >= 4 is 6.92 Å². The van der Waals surface area contributed by atoms with E-state index in [2.05, 4.69) is 60.3 Å². The number of hydrogen-bond acceptors (Lipinski definition) is 3. The van der Waals surface area contributed by atoms with E-state index in [9.17, 15) is 0 Å². The van der Waals surface area contributed by atoms with Crippen molar-refractivity contribution in [1.29, 1.82) is 0 Å². The minimum absolute atomic E-state index is 0.277. The van der Waals surface area contributed by atoms with Gasteiger partial charge in [-0.05, 0) is 103 Å². The van der Waals surface area contributed by atoms with Gasteiger partial charge in [-0.2, -0.15) is 0 Å². The lowest BCUT2D eigenvalue weighted by atomic mass is 9.22. The molecule has 4 atom stereocenters. The van der Waals surface area contributed by atoms with Crippen molar-refractivity contribution in [2.75, 3.05) is 26.3 Å². The van der Waals surface area contributed by atoms with Crippen molar-refractivity contribution in [2.45, 2.75) is 105 Å². The fourth-order valence-corrected chi connectivity index (χ4v) is 8.99. The Morgan fingerprint density at radius 1 is 0.750 bits per heavy atom. The fourth-order valence-electron chi connectivity index (χ4n) is 8.99. The topological polar surface area (TPSA) is 21.7 Å². The van der Waals surface area contributed by atoms with Gasteiger partial charge in [-0.3, -0.25) is 0 Å². The Bertz CT molecular complexity index is 704.